The van der Waals surface area contributed by atoms with Gasteiger partial charge in [0.25, 0.3) is 5.91 Å². The Morgan fingerprint density at radius 1 is 1.06 bits per heavy atom. The Labute approximate surface area is 202 Å². The number of aromatic nitrogens is 1. The van der Waals surface area contributed by atoms with Crippen LogP contribution in [0, 0.1) is 0 Å². The van der Waals surface area contributed by atoms with Gasteiger partial charge in [-0.15, -0.1) is 0 Å². The summed E-state index contributed by atoms with van der Waals surface area (Å²) in [5, 5.41) is 2.98. The van der Waals surface area contributed by atoms with Gasteiger partial charge in [0.2, 0.25) is 10.0 Å². The topological polar surface area (TPSA) is 83.9 Å². The first-order chi connectivity index (χ1) is 16.2. The summed E-state index contributed by atoms with van der Waals surface area (Å²) in [5.41, 5.74) is 2.56. The molecule has 4 rings (SSSR count). The average molecular weight is 489 g/mol. The summed E-state index contributed by atoms with van der Waals surface area (Å²) >= 11 is 0. The fourth-order valence-electron chi connectivity index (χ4n) is 4.96. The number of nitrogens with one attached hydrogen (secondary N) is 1. The van der Waals surface area contributed by atoms with Crippen molar-refractivity contribution >= 4 is 15.9 Å². The first-order valence-electron chi connectivity index (χ1n) is 12.1. The van der Waals surface area contributed by atoms with Gasteiger partial charge < -0.3 is 14.6 Å². The minimum Gasteiger partial charge on any atom is -0.373 e. The predicted octanol–water partition coefficient (Wildman–Crippen LogP) is 2.74. The van der Waals surface area contributed by atoms with Crippen LogP contribution in [0.3, 0.4) is 0 Å². The molecule has 0 bridgehead atoms. The lowest BCUT2D eigenvalue weighted by Gasteiger charge is -2.35. The van der Waals surface area contributed by atoms with Crippen molar-refractivity contribution in [2.24, 2.45) is 7.05 Å². The van der Waals surface area contributed by atoms with Gasteiger partial charge in [0.05, 0.1) is 12.2 Å². The van der Waals surface area contributed by atoms with Crippen molar-refractivity contribution < 1.29 is 17.9 Å². The number of hydrogen-bond donors (Lipinski definition) is 1. The standard InChI is InChI=1S/C25H36N4O4S/c1-19-15-28(16-20(2)33-19)17-22-10-6-5-9-21(22)14-26-25(30)24-13-23(18-27(24)3)34(31,32)29-11-7-4-8-12-29/h5-6,9-10,13,18-20H,4,7-8,11-12,14-17H2,1-3H3,(H,26,30). The minimum absolute atomic E-state index is 0.179. The first-order valence-corrected chi connectivity index (χ1v) is 13.6. The second-order valence-electron chi connectivity index (χ2n) is 9.54. The van der Waals surface area contributed by atoms with Gasteiger partial charge in [0.15, 0.2) is 0 Å². The highest BCUT2D eigenvalue weighted by Gasteiger charge is 2.28. The summed E-state index contributed by atoms with van der Waals surface area (Å²) < 4.78 is 35.0. The molecule has 2 fully saturated rings. The van der Waals surface area contributed by atoms with E-state index in [0.717, 1.165) is 44.5 Å². The Hall–Kier alpha value is -2.20. The maximum atomic E-state index is 13.0. The van der Waals surface area contributed by atoms with Crippen molar-refractivity contribution in [1.82, 2.24) is 19.1 Å². The van der Waals surface area contributed by atoms with Gasteiger partial charge in [0.1, 0.15) is 10.6 Å². The third-order valence-corrected chi connectivity index (χ3v) is 8.48. The van der Waals surface area contributed by atoms with Gasteiger partial charge >= 0.3 is 0 Å². The maximum Gasteiger partial charge on any atom is 0.268 e. The van der Waals surface area contributed by atoms with E-state index in [2.05, 4.69) is 30.1 Å². The van der Waals surface area contributed by atoms with E-state index in [4.69, 9.17) is 4.74 Å². The third-order valence-electron chi connectivity index (χ3n) is 6.61. The summed E-state index contributed by atoms with van der Waals surface area (Å²) in [7, 11) is -1.87. The van der Waals surface area contributed by atoms with Crippen LogP contribution in [0.1, 0.15) is 54.7 Å². The normalized spacial score (nSPS) is 22.6. The van der Waals surface area contributed by atoms with Crippen molar-refractivity contribution in [3.63, 3.8) is 0 Å². The Balaban J connectivity index is 1.43. The monoisotopic (exact) mass is 488 g/mol. The van der Waals surface area contributed by atoms with Crippen LogP contribution < -0.4 is 5.32 Å². The van der Waals surface area contributed by atoms with Crippen molar-refractivity contribution in [1.29, 1.82) is 0 Å². The van der Waals surface area contributed by atoms with E-state index in [9.17, 15) is 13.2 Å². The number of rotatable bonds is 7. The molecule has 3 heterocycles. The molecule has 2 aliphatic heterocycles. The number of carbonyl (C=O) groups excluding carboxylic acids is 1. The van der Waals surface area contributed by atoms with Crippen molar-refractivity contribution in [3.8, 4) is 0 Å². The molecule has 0 spiro atoms. The van der Waals surface area contributed by atoms with E-state index in [0.29, 0.717) is 25.3 Å². The number of amides is 1. The zero-order valence-corrected chi connectivity index (χ0v) is 21.2. The van der Waals surface area contributed by atoms with Crippen LogP contribution in [-0.2, 0) is 34.9 Å². The molecule has 1 aromatic heterocycles. The number of carbonyl (C=O) groups is 1. The lowest BCUT2D eigenvalue weighted by molar-refractivity contribution is -0.0705. The van der Waals surface area contributed by atoms with E-state index in [1.54, 1.807) is 11.6 Å². The summed E-state index contributed by atoms with van der Waals surface area (Å²) in [5.74, 6) is -0.286. The lowest BCUT2D eigenvalue weighted by atomic mass is 10.1. The molecular formula is C25H36N4O4S. The number of morpholine rings is 1. The van der Waals surface area contributed by atoms with Gasteiger partial charge in [-0.2, -0.15) is 4.31 Å². The van der Waals surface area contributed by atoms with Crippen molar-refractivity contribution in [2.45, 2.75) is 63.3 Å². The lowest BCUT2D eigenvalue weighted by Crippen LogP contribution is -2.45. The Morgan fingerprint density at radius 3 is 2.38 bits per heavy atom. The quantitative estimate of drug-likeness (QED) is 0.648. The van der Waals surface area contributed by atoms with E-state index in [1.165, 1.54) is 22.1 Å². The molecule has 186 valence electrons. The van der Waals surface area contributed by atoms with E-state index >= 15 is 0 Å². The molecule has 1 N–H and O–H groups in total. The zero-order valence-electron chi connectivity index (χ0n) is 20.4. The SMILES string of the molecule is CC1CN(Cc2ccccc2CNC(=O)c2cc(S(=O)(=O)N3CCCCC3)cn2C)CC(C)O1. The largest absolute Gasteiger partial charge is 0.373 e. The fraction of sp³-hybridized carbons (Fsp3) is 0.560. The van der Waals surface area contributed by atoms with Crippen LogP contribution in [0.15, 0.2) is 41.4 Å². The van der Waals surface area contributed by atoms with Gasteiger partial charge in [-0.3, -0.25) is 9.69 Å². The highest BCUT2D eigenvalue weighted by molar-refractivity contribution is 7.89. The molecule has 0 saturated carbocycles. The molecule has 0 radical (unpaired) electrons. The Bertz CT molecular complexity index is 1100. The Kier molecular flexibility index (Phi) is 7.77. The second kappa shape index (κ2) is 10.6. The molecule has 9 heteroatoms. The molecule has 2 atom stereocenters. The first kappa shape index (κ1) is 24.9. The fourth-order valence-corrected chi connectivity index (χ4v) is 6.55. The summed E-state index contributed by atoms with van der Waals surface area (Å²) in [6.07, 6.45) is 4.74. The molecule has 1 amide bonds. The van der Waals surface area contributed by atoms with Crippen LogP contribution in [0.25, 0.3) is 0 Å². The molecule has 2 aromatic rings. The predicted molar refractivity (Wildman–Crippen MR) is 131 cm³/mol. The molecule has 2 unspecified atom stereocenters. The zero-order chi connectivity index (χ0) is 24.3. The van der Waals surface area contributed by atoms with E-state index < -0.39 is 10.0 Å². The number of ether oxygens (including phenoxy) is 1. The number of nitrogens with zero attached hydrogens (tertiary/aromatic N) is 3. The van der Waals surface area contributed by atoms with E-state index in [1.807, 2.05) is 18.2 Å². The smallest absolute Gasteiger partial charge is 0.268 e. The number of aryl methyl sites for hydroxylation is 1. The molecular weight excluding hydrogens is 452 g/mol. The van der Waals surface area contributed by atoms with Gasteiger partial charge in [0, 0.05) is 52.5 Å². The highest BCUT2D eigenvalue weighted by atomic mass is 32.2. The van der Waals surface area contributed by atoms with Crippen LogP contribution in [0.2, 0.25) is 0 Å². The number of benzene rings is 1. The highest BCUT2D eigenvalue weighted by Crippen LogP contribution is 2.23. The van der Waals surface area contributed by atoms with Crippen LogP contribution in [0.5, 0.6) is 0 Å². The molecule has 34 heavy (non-hydrogen) atoms. The number of sulfonamides is 1. The molecule has 0 aliphatic carbocycles. The third kappa shape index (κ3) is 5.71. The average Bonchev–Trinajstić information content (AvgIpc) is 3.21. The minimum atomic E-state index is -3.58. The summed E-state index contributed by atoms with van der Waals surface area (Å²) in [4.78, 5) is 15.5. The number of hydrogen-bond acceptors (Lipinski definition) is 5. The molecule has 2 aliphatic rings. The molecule has 8 nitrogen and oxygen atoms in total. The van der Waals surface area contributed by atoms with Crippen molar-refractivity contribution in [2.75, 3.05) is 26.2 Å². The Morgan fingerprint density at radius 2 is 1.71 bits per heavy atom. The van der Waals surface area contributed by atoms with Gasteiger partial charge in [-0.1, -0.05) is 30.7 Å². The summed E-state index contributed by atoms with van der Waals surface area (Å²) in [6, 6.07) is 9.60. The molecule has 2 saturated heterocycles. The van der Waals surface area contributed by atoms with Crippen LogP contribution >= 0.6 is 0 Å². The van der Waals surface area contributed by atoms with E-state index in [-0.39, 0.29) is 23.0 Å². The van der Waals surface area contributed by atoms with Crippen LogP contribution in [0.4, 0.5) is 0 Å². The van der Waals surface area contributed by atoms with Crippen molar-refractivity contribution in [3.05, 3.63) is 53.3 Å². The van der Waals surface area contributed by atoms with Crippen LogP contribution in [-0.4, -0.2) is 66.5 Å². The van der Waals surface area contributed by atoms with Gasteiger partial charge in [-0.05, 0) is 43.9 Å². The maximum absolute atomic E-state index is 13.0. The van der Waals surface area contributed by atoms with Gasteiger partial charge in [-0.25, -0.2) is 8.42 Å². The molecule has 1 aromatic carbocycles. The summed E-state index contributed by atoms with van der Waals surface area (Å²) in [6.45, 7) is 8.19. The second-order valence-corrected chi connectivity index (χ2v) is 11.5. The number of piperidine rings is 1.